The number of likely N-dealkylation sites (N-methyl/N-ethyl adjacent to an activating group) is 1. The van der Waals surface area contributed by atoms with Crippen molar-refractivity contribution in [1.29, 1.82) is 0 Å². The third kappa shape index (κ3) is 5.68. The second-order valence-electron chi connectivity index (χ2n) is 4.66. The van der Waals surface area contributed by atoms with Gasteiger partial charge in [-0.3, -0.25) is 4.79 Å². The number of hydrogen-bond acceptors (Lipinski definition) is 3. The van der Waals surface area contributed by atoms with Gasteiger partial charge in [0.05, 0.1) is 0 Å². The number of nitrogens with zero attached hydrogens (tertiary/aromatic N) is 1. The molecular weight excluding hydrogens is 222 g/mol. The van der Waals surface area contributed by atoms with Crippen LogP contribution in [0.4, 0.5) is 0 Å². The fourth-order valence-corrected chi connectivity index (χ4v) is 1.20. The molecule has 17 heavy (non-hydrogen) atoms. The van der Waals surface area contributed by atoms with E-state index in [0.717, 1.165) is 6.42 Å². The highest BCUT2D eigenvalue weighted by Crippen LogP contribution is 2.05. The molecule has 5 nitrogen and oxygen atoms in total. The SMILES string of the molecule is CC(C)CCOC(C)C(=O)N(C)C(C)C(=O)O. The van der Waals surface area contributed by atoms with E-state index in [1.807, 2.05) is 0 Å². The third-order valence-corrected chi connectivity index (χ3v) is 2.70. The topological polar surface area (TPSA) is 66.8 Å². The predicted molar refractivity (Wildman–Crippen MR) is 64.7 cm³/mol. The first-order chi connectivity index (χ1) is 7.77. The molecule has 0 aliphatic heterocycles. The van der Waals surface area contributed by atoms with Crippen LogP contribution in [-0.4, -0.2) is 47.7 Å². The Hall–Kier alpha value is -1.10. The molecule has 0 bridgehead atoms. The standard InChI is InChI=1S/C12H23NO4/c1-8(2)6-7-17-10(4)11(14)13(5)9(3)12(15)16/h8-10H,6-7H2,1-5H3,(H,15,16). The molecule has 2 atom stereocenters. The van der Waals surface area contributed by atoms with Crippen LogP contribution in [0.25, 0.3) is 0 Å². The van der Waals surface area contributed by atoms with E-state index in [4.69, 9.17) is 9.84 Å². The fourth-order valence-electron chi connectivity index (χ4n) is 1.20. The zero-order valence-corrected chi connectivity index (χ0v) is 11.3. The van der Waals surface area contributed by atoms with E-state index >= 15 is 0 Å². The number of hydrogen-bond donors (Lipinski definition) is 1. The summed E-state index contributed by atoms with van der Waals surface area (Å²) in [5, 5.41) is 8.80. The first kappa shape index (κ1) is 15.9. The van der Waals surface area contributed by atoms with Crippen molar-refractivity contribution in [3.05, 3.63) is 0 Å². The molecule has 0 aliphatic rings. The Morgan fingerprint density at radius 3 is 2.18 bits per heavy atom. The Morgan fingerprint density at radius 2 is 1.76 bits per heavy atom. The van der Waals surface area contributed by atoms with Gasteiger partial charge < -0.3 is 14.7 Å². The summed E-state index contributed by atoms with van der Waals surface area (Å²) in [4.78, 5) is 23.7. The van der Waals surface area contributed by atoms with Crippen LogP contribution in [-0.2, 0) is 14.3 Å². The largest absolute Gasteiger partial charge is 0.480 e. The van der Waals surface area contributed by atoms with Crippen molar-refractivity contribution < 1.29 is 19.4 Å². The van der Waals surface area contributed by atoms with Gasteiger partial charge in [-0.1, -0.05) is 13.8 Å². The first-order valence-electron chi connectivity index (χ1n) is 5.88. The van der Waals surface area contributed by atoms with Gasteiger partial charge in [0.25, 0.3) is 5.91 Å². The molecule has 5 heteroatoms. The van der Waals surface area contributed by atoms with E-state index in [9.17, 15) is 9.59 Å². The minimum atomic E-state index is -1.02. The van der Waals surface area contributed by atoms with Crippen LogP contribution in [0.3, 0.4) is 0 Å². The predicted octanol–water partition coefficient (Wildman–Crippen LogP) is 1.37. The highest BCUT2D eigenvalue weighted by molar-refractivity contribution is 5.85. The minimum Gasteiger partial charge on any atom is -0.480 e. The summed E-state index contributed by atoms with van der Waals surface area (Å²) in [5.41, 5.74) is 0. The number of rotatable bonds is 7. The summed E-state index contributed by atoms with van der Waals surface area (Å²) in [6, 6.07) is -0.835. The Kier molecular flexibility index (Phi) is 6.80. The number of carboxylic acids is 1. The Balaban J connectivity index is 4.16. The molecule has 0 aromatic rings. The molecule has 0 saturated carbocycles. The second-order valence-corrected chi connectivity index (χ2v) is 4.66. The van der Waals surface area contributed by atoms with Gasteiger partial charge >= 0.3 is 5.97 Å². The smallest absolute Gasteiger partial charge is 0.326 e. The lowest BCUT2D eigenvalue weighted by molar-refractivity contribution is -0.153. The Morgan fingerprint density at radius 1 is 1.24 bits per heavy atom. The van der Waals surface area contributed by atoms with E-state index in [1.165, 1.54) is 18.9 Å². The van der Waals surface area contributed by atoms with Crippen LogP contribution in [0.2, 0.25) is 0 Å². The molecule has 0 heterocycles. The molecule has 0 fully saturated rings. The van der Waals surface area contributed by atoms with Crippen molar-refractivity contribution in [2.75, 3.05) is 13.7 Å². The number of carbonyl (C=O) groups is 2. The van der Waals surface area contributed by atoms with Gasteiger partial charge in [0.2, 0.25) is 0 Å². The number of amides is 1. The molecule has 2 unspecified atom stereocenters. The number of aliphatic carboxylic acids is 1. The molecular formula is C12H23NO4. The van der Waals surface area contributed by atoms with Crippen LogP contribution in [0.15, 0.2) is 0 Å². The number of carbonyl (C=O) groups excluding carboxylic acids is 1. The van der Waals surface area contributed by atoms with E-state index in [-0.39, 0.29) is 5.91 Å². The molecule has 100 valence electrons. The lowest BCUT2D eigenvalue weighted by Gasteiger charge is -2.25. The van der Waals surface area contributed by atoms with E-state index < -0.39 is 18.1 Å². The highest BCUT2D eigenvalue weighted by Gasteiger charge is 2.25. The Bertz CT molecular complexity index is 265. The molecule has 1 amide bonds. The van der Waals surface area contributed by atoms with Gasteiger partial charge in [0.15, 0.2) is 0 Å². The quantitative estimate of drug-likeness (QED) is 0.735. The second kappa shape index (κ2) is 7.27. The van der Waals surface area contributed by atoms with Crippen molar-refractivity contribution in [3.63, 3.8) is 0 Å². The number of ether oxygens (including phenoxy) is 1. The normalized spacial score (nSPS) is 14.5. The molecule has 0 radical (unpaired) electrons. The summed E-state index contributed by atoms with van der Waals surface area (Å²) in [7, 11) is 1.48. The average molecular weight is 245 g/mol. The van der Waals surface area contributed by atoms with Gasteiger partial charge in [-0.15, -0.1) is 0 Å². The first-order valence-corrected chi connectivity index (χ1v) is 5.88. The summed E-state index contributed by atoms with van der Waals surface area (Å²) >= 11 is 0. The van der Waals surface area contributed by atoms with Crippen molar-refractivity contribution in [2.24, 2.45) is 5.92 Å². The van der Waals surface area contributed by atoms with Gasteiger partial charge in [0, 0.05) is 13.7 Å². The van der Waals surface area contributed by atoms with Crippen LogP contribution >= 0.6 is 0 Å². The molecule has 0 saturated heterocycles. The van der Waals surface area contributed by atoms with E-state index in [1.54, 1.807) is 6.92 Å². The maximum atomic E-state index is 11.8. The lowest BCUT2D eigenvalue weighted by atomic mass is 10.1. The van der Waals surface area contributed by atoms with Crippen molar-refractivity contribution >= 4 is 11.9 Å². The van der Waals surface area contributed by atoms with Crippen LogP contribution in [0.5, 0.6) is 0 Å². The monoisotopic (exact) mass is 245 g/mol. The maximum absolute atomic E-state index is 11.8. The fraction of sp³-hybridized carbons (Fsp3) is 0.833. The zero-order chi connectivity index (χ0) is 13.6. The van der Waals surface area contributed by atoms with Gasteiger partial charge in [-0.25, -0.2) is 4.79 Å². The van der Waals surface area contributed by atoms with Crippen molar-refractivity contribution in [1.82, 2.24) is 4.90 Å². The van der Waals surface area contributed by atoms with Crippen molar-refractivity contribution in [2.45, 2.75) is 46.3 Å². The van der Waals surface area contributed by atoms with Gasteiger partial charge in [-0.05, 0) is 26.2 Å². The van der Waals surface area contributed by atoms with E-state index in [0.29, 0.717) is 12.5 Å². The number of carboxylic acid groups (broad SMARTS) is 1. The van der Waals surface area contributed by atoms with Crippen LogP contribution < -0.4 is 0 Å². The van der Waals surface area contributed by atoms with Gasteiger partial charge in [0.1, 0.15) is 12.1 Å². The zero-order valence-electron chi connectivity index (χ0n) is 11.3. The molecule has 1 N–H and O–H groups in total. The average Bonchev–Trinajstić information content (AvgIpc) is 2.25. The summed E-state index contributed by atoms with van der Waals surface area (Å²) < 4.78 is 5.38. The molecule has 0 spiro atoms. The maximum Gasteiger partial charge on any atom is 0.326 e. The summed E-state index contributed by atoms with van der Waals surface area (Å²) in [6.07, 6.45) is 0.288. The van der Waals surface area contributed by atoms with Crippen molar-refractivity contribution in [3.8, 4) is 0 Å². The highest BCUT2D eigenvalue weighted by atomic mass is 16.5. The Labute approximate surface area is 103 Å². The summed E-state index contributed by atoms with van der Waals surface area (Å²) in [6.45, 7) is 7.79. The van der Waals surface area contributed by atoms with Crippen LogP contribution in [0.1, 0.15) is 34.1 Å². The molecule has 0 aromatic heterocycles. The van der Waals surface area contributed by atoms with Crippen LogP contribution in [0, 0.1) is 5.92 Å². The van der Waals surface area contributed by atoms with E-state index in [2.05, 4.69) is 13.8 Å². The molecule has 0 aliphatic carbocycles. The molecule has 0 rings (SSSR count). The third-order valence-electron chi connectivity index (χ3n) is 2.70. The summed E-state index contributed by atoms with van der Waals surface area (Å²) in [5.74, 6) is -0.799. The van der Waals surface area contributed by atoms with Gasteiger partial charge in [-0.2, -0.15) is 0 Å². The minimum absolute atomic E-state index is 0.302. The lowest BCUT2D eigenvalue weighted by Crippen LogP contribution is -2.45. The molecule has 0 aromatic carbocycles.